The standard InChI is InChI=1S/C20H23N3O2S2/c1-4-5-9-21-17(24)12-27-20-22-16-8-10-26-18(16)19(25)23(20)15-7-6-13(2)14(3)11-15/h6-8,10-11H,4-5,9,12H2,1-3H3,(H,21,24). The van der Waals surface area contributed by atoms with Crippen LogP contribution in [0.5, 0.6) is 0 Å². The van der Waals surface area contributed by atoms with Crippen LogP contribution in [-0.2, 0) is 4.79 Å². The molecule has 0 atom stereocenters. The summed E-state index contributed by atoms with van der Waals surface area (Å²) in [4.78, 5) is 29.8. The van der Waals surface area contributed by atoms with Crippen molar-refractivity contribution in [1.82, 2.24) is 14.9 Å². The van der Waals surface area contributed by atoms with E-state index >= 15 is 0 Å². The lowest BCUT2D eigenvalue weighted by Crippen LogP contribution is -2.27. The molecule has 0 aliphatic heterocycles. The van der Waals surface area contributed by atoms with Gasteiger partial charge in [0.1, 0.15) is 4.70 Å². The molecule has 0 unspecified atom stereocenters. The number of thioether (sulfide) groups is 1. The van der Waals surface area contributed by atoms with Gasteiger partial charge in [-0.2, -0.15) is 0 Å². The highest BCUT2D eigenvalue weighted by molar-refractivity contribution is 7.99. The molecule has 0 aliphatic carbocycles. The van der Waals surface area contributed by atoms with Gasteiger partial charge >= 0.3 is 0 Å². The SMILES string of the molecule is CCCCNC(=O)CSc1nc2ccsc2c(=O)n1-c1ccc(C)c(C)c1. The number of rotatable bonds is 7. The second-order valence-corrected chi connectivity index (χ2v) is 8.29. The van der Waals surface area contributed by atoms with Crippen LogP contribution in [-0.4, -0.2) is 27.8 Å². The summed E-state index contributed by atoms with van der Waals surface area (Å²) in [6.45, 7) is 6.83. The van der Waals surface area contributed by atoms with Gasteiger partial charge in [0.2, 0.25) is 5.91 Å². The Morgan fingerprint density at radius 2 is 2.07 bits per heavy atom. The summed E-state index contributed by atoms with van der Waals surface area (Å²) < 4.78 is 2.25. The number of carbonyl (C=O) groups excluding carboxylic acids is 1. The smallest absolute Gasteiger partial charge is 0.276 e. The first kappa shape index (κ1) is 19.6. The molecule has 0 aliphatic rings. The van der Waals surface area contributed by atoms with Crippen LogP contribution in [0.25, 0.3) is 15.9 Å². The van der Waals surface area contributed by atoms with Gasteiger partial charge in [-0.15, -0.1) is 11.3 Å². The van der Waals surface area contributed by atoms with Gasteiger partial charge < -0.3 is 5.32 Å². The summed E-state index contributed by atoms with van der Waals surface area (Å²) in [5, 5.41) is 5.32. The van der Waals surface area contributed by atoms with Gasteiger partial charge in [0, 0.05) is 6.54 Å². The number of carbonyl (C=O) groups is 1. The van der Waals surface area contributed by atoms with Crippen LogP contribution in [0.3, 0.4) is 0 Å². The number of nitrogens with zero attached hydrogens (tertiary/aromatic N) is 2. The third-order valence-corrected chi connectivity index (χ3v) is 6.21. The first-order valence-corrected chi connectivity index (χ1v) is 10.8. The van der Waals surface area contributed by atoms with Gasteiger partial charge in [-0.3, -0.25) is 14.2 Å². The molecule has 1 aromatic carbocycles. The number of hydrogen-bond acceptors (Lipinski definition) is 5. The van der Waals surface area contributed by atoms with E-state index in [-0.39, 0.29) is 17.2 Å². The highest BCUT2D eigenvalue weighted by atomic mass is 32.2. The zero-order valence-corrected chi connectivity index (χ0v) is 17.4. The molecular formula is C20H23N3O2S2. The van der Waals surface area contributed by atoms with E-state index in [1.807, 2.05) is 43.5 Å². The maximum absolute atomic E-state index is 13.1. The highest BCUT2D eigenvalue weighted by Gasteiger charge is 2.16. The van der Waals surface area contributed by atoms with E-state index in [2.05, 4.69) is 17.2 Å². The van der Waals surface area contributed by atoms with Crippen molar-refractivity contribution in [3.05, 3.63) is 51.1 Å². The van der Waals surface area contributed by atoms with Crippen molar-refractivity contribution >= 4 is 39.2 Å². The van der Waals surface area contributed by atoms with E-state index in [0.717, 1.165) is 24.1 Å². The van der Waals surface area contributed by atoms with E-state index in [4.69, 9.17) is 0 Å². The maximum Gasteiger partial charge on any atom is 0.276 e. The quantitative estimate of drug-likeness (QED) is 0.368. The molecular weight excluding hydrogens is 378 g/mol. The van der Waals surface area contributed by atoms with Gasteiger partial charge in [0.15, 0.2) is 5.16 Å². The van der Waals surface area contributed by atoms with Gasteiger partial charge in [-0.05, 0) is 55.0 Å². The van der Waals surface area contributed by atoms with Crippen LogP contribution in [0.1, 0.15) is 30.9 Å². The number of hydrogen-bond donors (Lipinski definition) is 1. The molecule has 0 bridgehead atoms. The van der Waals surface area contributed by atoms with Crippen molar-refractivity contribution < 1.29 is 4.79 Å². The van der Waals surface area contributed by atoms with E-state index in [9.17, 15) is 9.59 Å². The first-order valence-electron chi connectivity index (χ1n) is 8.98. The molecule has 27 heavy (non-hydrogen) atoms. The Hall–Kier alpha value is -2.12. The predicted molar refractivity (Wildman–Crippen MR) is 113 cm³/mol. The number of unbranched alkanes of at least 4 members (excludes halogenated alkanes) is 1. The molecule has 3 rings (SSSR count). The van der Waals surface area contributed by atoms with Gasteiger partial charge in [-0.25, -0.2) is 4.98 Å². The second-order valence-electron chi connectivity index (χ2n) is 6.43. The fraction of sp³-hybridized carbons (Fsp3) is 0.350. The van der Waals surface area contributed by atoms with Crippen LogP contribution >= 0.6 is 23.1 Å². The molecule has 0 saturated heterocycles. The lowest BCUT2D eigenvalue weighted by Gasteiger charge is -2.13. The molecule has 1 N–H and O–H groups in total. The van der Waals surface area contributed by atoms with Crippen molar-refractivity contribution in [2.45, 2.75) is 38.8 Å². The fourth-order valence-electron chi connectivity index (χ4n) is 2.67. The molecule has 2 heterocycles. The third-order valence-electron chi connectivity index (χ3n) is 4.38. The summed E-state index contributed by atoms with van der Waals surface area (Å²) in [6, 6.07) is 7.76. The van der Waals surface area contributed by atoms with Gasteiger partial charge in [-0.1, -0.05) is 31.2 Å². The molecule has 0 saturated carbocycles. The van der Waals surface area contributed by atoms with Crippen molar-refractivity contribution in [1.29, 1.82) is 0 Å². The molecule has 2 aromatic heterocycles. The fourth-order valence-corrected chi connectivity index (χ4v) is 4.27. The molecule has 0 radical (unpaired) electrons. The summed E-state index contributed by atoms with van der Waals surface area (Å²) in [6.07, 6.45) is 2.00. The molecule has 1 amide bonds. The van der Waals surface area contributed by atoms with Crippen molar-refractivity contribution in [2.75, 3.05) is 12.3 Å². The van der Waals surface area contributed by atoms with Crippen LogP contribution in [0.4, 0.5) is 0 Å². The summed E-state index contributed by atoms with van der Waals surface area (Å²) in [5.41, 5.74) is 3.64. The van der Waals surface area contributed by atoms with Crippen molar-refractivity contribution in [2.24, 2.45) is 0 Å². The monoisotopic (exact) mass is 401 g/mol. The number of nitrogens with one attached hydrogen (secondary N) is 1. The normalized spacial score (nSPS) is 11.1. The molecule has 3 aromatic rings. The number of thiophene rings is 1. The van der Waals surface area contributed by atoms with E-state index in [1.165, 1.54) is 28.7 Å². The number of benzene rings is 1. The molecule has 142 valence electrons. The molecule has 5 nitrogen and oxygen atoms in total. The predicted octanol–water partition coefficient (Wildman–Crippen LogP) is 4.07. The minimum absolute atomic E-state index is 0.0419. The summed E-state index contributed by atoms with van der Waals surface area (Å²) >= 11 is 2.69. The first-order chi connectivity index (χ1) is 13.0. The zero-order valence-electron chi connectivity index (χ0n) is 15.7. The second kappa shape index (κ2) is 8.71. The highest BCUT2D eigenvalue weighted by Crippen LogP contribution is 2.24. The van der Waals surface area contributed by atoms with E-state index in [0.29, 0.717) is 21.9 Å². The van der Waals surface area contributed by atoms with Crippen molar-refractivity contribution in [3.63, 3.8) is 0 Å². The molecule has 0 fully saturated rings. The number of fused-ring (bicyclic) bond motifs is 1. The topological polar surface area (TPSA) is 64.0 Å². The Kier molecular flexibility index (Phi) is 6.34. The average Bonchev–Trinajstić information content (AvgIpc) is 3.12. The Morgan fingerprint density at radius 1 is 1.26 bits per heavy atom. The zero-order chi connectivity index (χ0) is 19.4. The third kappa shape index (κ3) is 4.42. The molecule has 0 spiro atoms. The number of aromatic nitrogens is 2. The number of aryl methyl sites for hydroxylation is 2. The lowest BCUT2D eigenvalue weighted by atomic mass is 10.1. The Balaban J connectivity index is 1.96. The minimum Gasteiger partial charge on any atom is -0.355 e. The van der Waals surface area contributed by atoms with E-state index < -0.39 is 0 Å². The molecule has 7 heteroatoms. The Labute approximate surface area is 166 Å². The lowest BCUT2D eigenvalue weighted by molar-refractivity contribution is -0.118. The Bertz CT molecular complexity index is 1020. The number of amides is 1. The van der Waals surface area contributed by atoms with Crippen LogP contribution < -0.4 is 10.9 Å². The van der Waals surface area contributed by atoms with Crippen molar-refractivity contribution in [3.8, 4) is 5.69 Å². The van der Waals surface area contributed by atoms with Crippen LogP contribution in [0.2, 0.25) is 0 Å². The maximum atomic E-state index is 13.1. The minimum atomic E-state index is -0.0906. The largest absolute Gasteiger partial charge is 0.355 e. The van der Waals surface area contributed by atoms with E-state index in [1.54, 1.807) is 4.57 Å². The van der Waals surface area contributed by atoms with Crippen LogP contribution in [0, 0.1) is 13.8 Å². The average molecular weight is 402 g/mol. The summed E-state index contributed by atoms with van der Waals surface area (Å²) in [5.74, 6) is 0.191. The summed E-state index contributed by atoms with van der Waals surface area (Å²) in [7, 11) is 0. The van der Waals surface area contributed by atoms with Crippen LogP contribution in [0.15, 0.2) is 39.6 Å². The van der Waals surface area contributed by atoms with Gasteiger partial charge in [0.05, 0.1) is 17.0 Å². The van der Waals surface area contributed by atoms with Gasteiger partial charge in [0.25, 0.3) is 5.56 Å². The Morgan fingerprint density at radius 3 is 2.81 bits per heavy atom.